The number of carbonyl (C=O) groups excluding carboxylic acids is 1. The highest BCUT2D eigenvalue weighted by Gasteiger charge is 2.29. The first-order chi connectivity index (χ1) is 19.8. The molecule has 5 N–H and O–H groups in total. The number of anilines is 1. The maximum Gasteiger partial charge on any atom is 0.254 e. The minimum Gasteiger partial charge on any atom is -0.378 e. The molecule has 3 aromatic rings. The summed E-state index contributed by atoms with van der Waals surface area (Å²) in [5.74, 6) is 0.944. The van der Waals surface area contributed by atoms with E-state index in [0.717, 1.165) is 79.7 Å². The molecule has 2 aromatic carbocycles. The van der Waals surface area contributed by atoms with Crippen molar-refractivity contribution < 1.29 is 15.0 Å². The first kappa shape index (κ1) is 31.0. The van der Waals surface area contributed by atoms with Gasteiger partial charge in [-0.25, -0.2) is 4.98 Å². The molecule has 0 bridgehead atoms. The summed E-state index contributed by atoms with van der Waals surface area (Å²) in [4.78, 5) is 25.1. The van der Waals surface area contributed by atoms with Gasteiger partial charge in [0.25, 0.3) is 5.91 Å². The number of nitrogens with one attached hydrogen (secondary N) is 3. The Balaban J connectivity index is 1.34. The Morgan fingerprint density at radius 2 is 1.95 bits per heavy atom. The molecule has 0 saturated carbocycles. The number of aliphatic hydroxyl groups is 2. The average Bonchev–Trinajstić information content (AvgIpc) is 3.34. The summed E-state index contributed by atoms with van der Waals surface area (Å²) in [5, 5.41) is 28.0. The maximum absolute atomic E-state index is 13.4. The summed E-state index contributed by atoms with van der Waals surface area (Å²) in [7, 11) is 1.79. The van der Waals surface area contributed by atoms with Gasteiger partial charge in [0.1, 0.15) is 18.3 Å². The van der Waals surface area contributed by atoms with Crippen molar-refractivity contribution in [2.75, 3.05) is 25.5 Å². The van der Waals surface area contributed by atoms with Crippen LogP contribution in [-0.4, -0.2) is 74.5 Å². The average molecular weight is 565 g/mol. The highest BCUT2D eigenvalue weighted by Crippen LogP contribution is 2.28. The lowest BCUT2D eigenvalue weighted by Gasteiger charge is -2.30. The van der Waals surface area contributed by atoms with Crippen molar-refractivity contribution in [1.82, 2.24) is 25.1 Å². The first-order valence-corrected chi connectivity index (χ1v) is 15.2. The van der Waals surface area contributed by atoms with Crippen LogP contribution in [0.15, 0.2) is 42.5 Å². The number of H-pyrrole nitrogens is 1. The first-order valence-electron chi connectivity index (χ1n) is 15.2. The SMILES string of the molecule is CC[C@@H](C)[C@@H](O)NCCCCCCN1Cc2cc(C(=O)N(C)Cc3nc4ccccc4[nH]3)ccc2N[C@@H](CC)[C@@H]1O. The molecule has 0 radical (unpaired) electrons. The number of hydrogen-bond donors (Lipinski definition) is 5. The van der Waals surface area contributed by atoms with Crippen molar-refractivity contribution in [3.05, 3.63) is 59.4 Å². The second-order valence-corrected chi connectivity index (χ2v) is 11.5. The summed E-state index contributed by atoms with van der Waals surface area (Å²) < 4.78 is 0. The highest BCUT2D eigenvalue weighted by atomic mass is 16.3. The van der Waals surface area contributed by atoms with Gasteiger partial charge in [-0.3, -0.25) is 15.0 Å². The number of aromatic nitrogens is 2. The molecule has 224 valence electrons. The molecule has 0 saturated heterocycles. The minimum absolute atomic E-state index is 0.0660. The second-order valence-electron chi connectivity index (χ2n) is 11.5. The summed E-state index contributed by atoms with van der Waals surface area (Å²) in [6, 6.07) is 13.6. The molecule has 41 heavy (non-hydrogen) atoms. The van der Waals surface area contributed by atoms with Gasteiger partial charge in [0, 0.05) is 31.4 Å². The largest absolute Gasteiger partial charge is 0.378 e. The number of unbranched alkanes of at least 4 members (excludes halogenated alkanes) is 3. The molecule has 9 nitrogen and oxygen atoms in total. The van der Waals surface area contributed by atoms with E-state index in [9.17, 15) is 15.0 Å². The molecule has 0 aliphatic carbocycles. The quantitative estimate of drug-likeness (QED) is 0.143. The molecule has 0 unspecified atom stereocenters. The minimum atomic E-state index is -0.602. The third-order valence-electron chi connectivity index (χ3n) is 8.32. The van der Waals surface area contributed by atoms with Gasteiger partial charge in [0.2, 0.25) is 0 Å². The van der Waals surface area contributed by atoms with E-state index in [1.54, 1.807) is 11.9 Å². The van der Waals surface area contributed by atoms with Crippen LogP contribution in [0, 0.1) is 5.92 Å². The van der Waals surface area contributed by atoms with E-state index in [0.29, 0.717) is 18.7 Å². The molecule has 1 amide bonds. The fourth-order valence-corrected chi connectivity index (χ4v) is 5.43. The number of amides is 1. The second kappa shape index (κ2) is 14.8. The van der Waals surface area contributed by atoms with Crippen molar-refractivity contribution in [3.63, 3.8) is 0 Å². The number of aromatic amines is 1. The lowest BCUT2D eigenvalue weighted by Crippen LogP contribution is -2.44. The Morgan fingerprint density at radius 1 is 1.17 bits per heavy atom. The third kappa shape index (κ3) is 8.07. The van der Waals surface area contributed by atoms with Crippen molar-refractivity contribution >= 4 is 22.6 Å². The predicted octanol–water partition coefficient (Wildman–Crippen LogP) is 4.67. The number of imidazole rings is 1. The molecule has 2 heterocycles. The Morgan fingerprint density at radius 3 is 2.71 bits per heavy atom. The summed E-state index contributed by atoms with van der Waals surface area (Å²) in [6.45, 7) is 8.79. The zero-order chi connectivity index (χ0) is 29.4. The van der Waals surface area contributed by atoms with E-state index in [1.165, 1.54) is 0 Å². The van der Waals surface area contributed by atoms with Crippen LogP contribution in [0.5, 0.6) is 0 Å². The lowest BCUT2D eigenvalue weighted by molar-refractivity contribution is -0.0148. The lowest BCUT2D eigenvalue weighted by atomic mass is 10.1. The molecule has 9 heteroatoms. The van der Waals surface area contributed by atoms with E-state index in [2.05, 4.69) is 46.3 Å². The Bertz CT molecular complexity index is 1230. The van der Waals surface area contributed by atoms with E-state index < -0.39 is 12.5 Å². The van der Waals surface area contributed by atoms with Crippen LogP contribution in [0.1, 0.15) is 81.0 Å². The van der Waals surface area contributed by atoms with Crippen LogP contribution in [0.2, 0.25) is 0 Å². The van der Waals surface area contributed by atoms with Crippen LogP contribution < -0.4 is 10.6 Å². The molecule has 1 aliphatic rings. The van der Waals surface area contributed by atoms with Crippen LogP contribution in [0.4, 0.5) is 5.69 Å². The van der Waals surface area contributed by atoms with E-state index in [4.69, 9.17) is 0 Å². The van der Waals surface area contributed by atoms with Crippen molar-refractivity contribution in [2.24, 2.45) is 5.92 Å². The number of aliphatic hydroxyl groups excluding tert-OH is 2. The number of para-hydroxylation sites is 2. The molecular weight excluding hydrogens is 516 g/mol. The van der Waals surface area contributed by atoms with Gasteiger partial charge in [0.05, 0.1) is 23.6 Å². The number of fused-ring (bicyclic) bond motifs is 2. The molecule has 4 atom stereocenters. The molecule has 0 fully saturated rings. The van der Waals surface area contributed by atoms with Crippen molar-refractivity contribution in [2.45, 2.75) is 90.9 Å². The zero-order valence-corrected chi connectivity index (χ0v) is 25.1. The number of benzene rings is 2. The Labute approximate surface area is 244 Å². The van der Waals surface area contributed by atoms with Crippen molar-refractivity contribution in [1.29, 1.82) is 0 Å². The molecule has 1 aromatic heterocycles. The Hall–Kier alpha value is -2.98. The molecule has 1 aliphatic heterocycles. The molecular formula is C32H48N6O3. The van der Waals surface area contributed by atoms with Gasteiger partial charge in [-0.15, -0.1) is 0 Å². The fraction of sp³-hybridized carbons (Fsp3) is 0.562. The zero-order valence-electron chi connectivity index (χ0n) is 25.1. The van der Waals surface area contributed by atoms with Gasteiger partial charge >= 0.3 is 0 Å². The maximum atomic E-state index is 13.4. The summed E-state index contributed by atoms with van der Waals surface area (Å²) in [6.07, 6.45) is 4.85. The smallest absolute Gasteiger partial charge is 0.254 e. The van der Waals surface area contributed by atoms with Gasteiger partial charge in [0.15, 0.2) is 0 Å². The molecule has 4 rings (SSSR count). The summed E-state index contributed by atoms with van der Waals surface area (Å²) >= 11 is 0. The van der Waals surface area contributed by atoms with E-state index in [1.807, 2.05) is 42.5 Å². The van der Waals surface area contributed by atoms with Gasteiger partial charge in [-0.1, -0.05) is 45.7 Å². The van der Waals surface area contributed by atoms with E-state index in [-0.39, 0.29) is 17.9 Å². The molecule has 0 spiro atoms. The van der Waals surface area contributed by atoms with Crippen molar-refractivity contribution in [3.8, 4) is 0 Å². The monoisotopic (exact) mass is 564 g/mol. The normalized spacial score (nSPS) is 18.9. The number of carbonyl (C=O) groups is 1. The number of nitrogens with zero attached hydrogens (tertiary/aromatic N) is 3. The fourth-order valence-electron chi connectivity index (χ4n) is 5.43. The topological polar surface area (TPSA) is 117 Å². The van der Waals surface area contributed by atoms with Crippen LogP contribution in [0.25, 0.3) is 11.0 Å². The summed E-state index contributed by atoms with van der Waals surface area (Å²) in [5.41, 5.74) is 4.47. The van der Waals surface area contributed by atoms with E-state index >= 15 is 0 Å². The van der Waals surface area contributed by atoms with Gasteiger partial charge in [-0.05, 0) is 74.0 Å². The van der Waals surface area contributed by atoms with Gasteiger partial charge < -0.3 is 25.4 Å². The van der Waals surface area contributed by atoms with Crippen LogP contribution >= 0.6 is 0 Å². The van der Waals surface area contributed by atoms with Gasteiger partial charge in [-0.2, -0.15) is 0 Å². The van der Waals surface area contributed by atoms with Crippen LogP contribution in [0.3, 0.4) is 0 Å². The predicted molar refractivity (Wildman–Crippen MR) is 164 cm³/mol. The number of hydrogen-bond acceptors (Lipinski definition) is 7. The third-order valence-corrected chi connectivity index (χ3v) is 8.32. The standard InChI is InChI=1S/C32H48N6O3/c1-5-22(3)30(39)33-17-11-7-8-12-18-38-20-24-19-23(15-16-26(24)34-25(6-2)32(38)41)31(40)37(4)21-29-35-27-13-9-10-14-28(27)36-29/h9-10,13-16,19,22,25,30,32-34,39,41H,5-8,11-12,17-18,20-21H2,1-4H3,(H,35,36)/t22-,25+,30-,32+/m1/s1. The van der Waals surface area contributed by atoms with Crippen LogP contribution in [-0.2, 0) is 13.1 Å². The Kier molecular flexibility index (Phi) is 11.2. The number of rotatable bonds is 14. The highest BCUT2D eigenvalue weighted by molar-refractivity contribution is 5.94.